The number of hydrogen-bond acceptors (Lipinski definition) is 4. The summed E-state index contributed by atoms with van der Waals surface area (Å²) in [5.41, 5.74) is 4.57. The minimum absolute atomic E-state index is 0.278. The molecule has 0 saturated carbocycles. The molecule has 0 aliphatic heterocycles. The van der Waals surface area contributed by atoms with Crippen LogP contribution in [0, 0.1) is 5.41 Å². The summed E-state index contributed by atoms with van der Waals surface area (Å²) in [7, 11) is 0. The highest BCUT2D eigenvalue weighted by Crippen LogP contribution is 1.43. The summed E-state index contributed by atoms with van der Waals surface area (Å²) in [5, 5.41) is 15.0. The number of rotatable bonds is 1. The maximum atomic E-state index is 9.24. The first-order valence-electron chi connectivity index (χ1n) is 1.64. The van der Waals surface area contributed by atoms with Crippen LogP contribution in [-0.4, -0.2) is 22.8 Å². The summed E-state index contributed by atoms with van der Waals surface area (Å²) in [5.74, 6) is -0.968. The van der Waals surface area contributed by atoms with Gasteiger partial charge in [0.15, 0.2) is 0 Å². The van der Waals surface area contributed by atoms with E-state index in [2.05, 4.69) is 18.0 Å². The molecule has 0 fully saturated rings. The van der Waals surface area contributed by atoms with Crippen LogP contribution in [0.5, 0.6) is 0 Å². The maximum absolute atomic E-state index is 9.24. The van der Waals surface area contributed by atoms with Crippen molar-refractivity contribution in [2.24, 2.45) is 5.73 Å². The Bertz CT molecular complexity index is 97.5. The van der Waals surface area contributed by atoms with Gasteiger partial charge in [0.2, 0.25) is 0 Å². The van der Waals surface area contributed by atoms with Crippen LogP contribution in [0.15, 0.2) is 0 Å². The molecule has 4 nitrogen and oxygen atoms in total. The lowest BCUT2D eigenvalue weighted by molar-refractivity contribution is -0.135. The number of isothiocyanates is 1. The van der Waals surface area contributed by atoms with Crippen LogP contribution in [0.2, 0.25) is 0 Å². The van der Waals surface area contributed by atoms with E-state index in [1.165, 1.54) is 0 Å². The lowest BCUT2D eigenvalue weighted by Gasteiger charge is -1.73. The van der Waals surface area contributed by atoms with Gasteiger partial charge >= 0.3 is 5.97 Å². The standard InChI is InChI=1S/C2H5NO2.CHNS/c3-1-2(4)5;2-1-3/h1,3H2,(H,4,5);2H. The monoisotopic (exact) mass is 134 g/mol. The van der Waals surface area contributed by atoms with Gasteiger partial charge in [0.1, 0.15) is 0 Å². The molecule has 0 unspecified atom stereocenters. The number of carboxylic acids is 1. The zero-order chi connectivity index (χ0) is 6.99. The van der Waals surface area contributed by atoms with Crippen molar-refractivity contribution in [3.8, 4) is 0 Å². The first kappa shape index (κ1) is 10.3. The first-order chi connectivity index (χ1) is 3.68. The van der Waals surface area contributed by atoms with E-state index in [4.69, 9.17) is 10.5 Å². The number of nitrogens with one attached hydrogen (secondary N) is 1. The molecular weight excluding hydrogens is 128 g/mol. The smallest absolute Gasteiger partial charge is 0.317 e. The fourth-order valence-electron chi connectivity index (χ4n) is 0. The van der Waals surface area contributed by atoms with Crippen LogP contribution >= 0.6 is 12.2 Å². The normalized spacial score (nSPS) is 5.62. The average Bonchev–Trinajstić information content (AvgIpc) is 1.69. The second kappa shape index (κ2) is 9.52. The van der Waals surface area contributed by atoms with E-state index in [1.54, 1.807) is 5.16 Å². The molecule has 0 rings (SSSR count). The van der Waals surface area contributed by atoms with Crippen LogP contribution in [0.25, 0.3) is 0 Å². The molecular formula is C3H6N2O2S. The first-order valence-corrected chi connectivity index (χ1v) is 2.05. The largest absolute Gasteiger partial charge is 0.480 e. The van der Waals surface area contributed by atoms with Gasteiger partial charge in [-0.1, -0.05) is 0 Å². The molecule has 0 atom stereocenters. The number of hydrogen-bond donors (Lipinski definition) is 3. The third-order valence-corrected chi connectivity index (χ3v) is 0.175. The van der Waals surface area contributed by atoms with Gasteiger partial charge in [0, 0.05) is 0 Å². The average molecular weight is 134 g/mol. The number of aliphatic carboxylic acids is 1. The van der Waals surface area contributed by atoms with Crippen molar-refractivity contribution in [1.82, 2.24) is 0 Å². The Kier molecular flexibility index (Phi) is 12.2. The summed E-state index contributed by atoms with van der Waals surface area (Å²) in [6.45, 7) is -0.278. The minimum Gasteiger partial charge on any atom is -0.480 e. The molecule has 0 radical (unpaired) electrons. The highest BCUT2D eigenvalue weighted by Gasteiger charge is 1.81. The van der Waals surface area contributed by atoms with E-state index in [0.29, 0.717) is 0 Å². The lowest BCUT2D eigenvalue weighted by atomic mass is 10.7. The van der Waals surface area contributed by atoms with Gasteiger partial charge in [-0.15, -0.1) is 0 Å². The van der Waals surface area contributed by atoms with Crippen LogP contribution in [-0.2, 0) is 4.79 Å². The van der Waals surface area contributed by atoms with E-state index < -0.39 is 5.97 Å². The lowest BCUT2D eigenvalue weighted by Crippen LogP contribution is -2.10. The van der Waals surface area contributed by atoms with Crippen molar-refractivity contribution in [2.75, 3.05) is 6.54 Å². The highest BCUT2D eigenvalue weighted by atomic mass is 32.1. The highest BCUT2D eigenvalue weighted by molar-refractivity contribution is 7.78. The van der Waals surface area contributed by atoms with Crippen LogP contribution in [0.4, 0.5) is 0 Å². The third-order valence-electron chi connectivity index (χ3n) is 0.175. The van der Waals surface area contributed by atoms with E-state index >= 15 is 0 Å². The predicted molar refractivity (Wildman–Crippen MR) is 32.0 cm³/mol. The molecule has 0 aromatic carbocycles. The summed E-state index contributed by atoms with van der Waals surface area (Å²) in [4.78, 5) is 9.24. The molecule has 0 saturated heterocycles. The third kappa shape index (κ3) is 61.9. The second-order valence-corrected chi connectivity index (χ2v) is 0.904. The Balaban J connectivity index is 0. The van der Waals surface area contributed by atoms with Crippen molar-refractivity contribution in [1.29, 1.82) is 5.41 Å². The number of carbonyl (C=O) groups is 1. The molecule has 0 aliphatic carbocycles. The Hall–Kier alpha value is -0.770. The molecule has 0 heterocycles. The predicted octanol–water partition coefficient (Wildman–Crippen LogP) is -0.302. The molecule has 0 aromatic rings. The topological polar surface area (TPSA) is 87.2 Å². The molecule has 0 amide bonds. The molecule has 0 aliphatic rings. The van der Waals surface area contributed by atoms with Gasteiger partial charge in [-0.3, -0.25) is 4.79 Å². The van der Waals surface area contributed by atoms with Crippen LogP contribution in [0.3, 0.4) is 0 Å². The number of nitrogens with two attached hydrogens (primary N) is 1. The summed E-state index contributed by atoms with van der Waals surface area (Å²) >= 11 is 3.81. The Morgan fingerprint density at radius 2 is 2.12 bits per heavy atom. The fraction of sp³-hybridized carbons (Fsp3) is 0.333. The van der Waals surface area contributed by atoms with Crippen LogP contribution < -0.4 is 5.73 Å². The Morgan fingerprint density at radius 1 is 2.00 bits per heavy atom. The fourth-order valence-corrected chi connectivity index (χ4v) is 0. The summed E-state index contributed by atoms with van der Waals surface area (Å²) in [6.07, 6.45) is 0. The van der Waals surface area contributed by atoms with Gasteiger partial charge < -0.3 is 10.8 Å². The zero-order valence-electron chi connectivity index (χ0n) is 4.05. The number of carboxylic acid groups (broad SMARTS) is 1. The van der Waals surface area contributed by atoms with Crippen molar-refractivity contribution < 1.29 is 9.90 Å². The number of thiocarbonyl (C=S) groups is 1. The van der Waals surface area contributed by atoms with E-state index in [1.807, 2.05) is 0 Å². The Labute approximate surface area is 51.8 Å². The minimum atomic E-state index is -0.968. The van der Waals surface area contributed by atoms with Gasteiger partial charge in [-0.2, -0.15) is 0 Å². The van der Waals surface area contributed by atoms with E-state index in [-0.39, 0.29) is 6.54 Å². The van der Waals surface area contributed by atoms with Gasteiger partial charge in [-0.05, 0) is 12.2 Å². The molecule has 0 bridgehead atoms. The molecule has 0 aromatic heterocycles. The van der Waals surface area contributed by atoms with Crippen molar-refractivity contribution in [3.05, 3.63) is 0 Å². The van der Waals surface area contributed by atoms with Crippen LogP contribution in [0.1, 0.15) is 0 Å². The quantitative estimate of drug-likeness (QED) is 0.339. The van der Waals surface area contributed by atoms with Gasteiger partial charge in [0.25, 0.3) is 0 Å². The van der Waals surface area contributed by atoms with Crippen molar-refractivity contribution in [3.63, 3.8) is 0 Å². The molecule has 0 spiro atoms. The SMILES string of the molecule is N=C=S.NCC(=O)O. The van der Waals surface area contributed by atoms with Crippen molar-refractivity contribution in [2.45, 2.75) is 0 Å². The van der Waals surface area contributed by atoms with Gasteiger partial charge in [-0.25, -0.2) is 5.41 Å². The molecule has 5 heteroatoms. The van der Waals surface area contributed by atoms with E-state index in [9.17, 15) is 4.79 Å². The summed E-state index contributed by atoms with van der Waals surface area (Å²) < 4.78 is 0. The molecule has 46 valence electrons. The maximum Gasteiger partial charge on any atom is 0.317 e. The molecule has 8 heavy (non-hydrogen) atoms. The zero-order valence-corrected chi connectivity index (χ0v) is 4.86. The summed E-state index contributed by atoms with van der Waals surface area (Å²) in [6, 6.07) is 0. The van der Waals surface area contributed by atoms with Gasteiger partial charge in [0.05, 0.1) is 11.7 Å². The molecule has 4 N–H and O–H groups in total. The van der Waals surface area contributed by atoms with E-state index in [0.717, 1.165) is 0 Å². The second-order valence-electron chi connectivity index (χ2n) is 0.700. The van der Waals surface area contributed by atoms with Crippen molar-refractivity contribution >= 4 is 23.3 Å². The Morgan fingerprint density at radius 3 is 2.12 bits per heavy atom.